The summed E-state index contributed by atoms with van der Waals surface area (Å²) in [5.41, 5.74) is 3.96. The smallest absolute Gasteiger partial charge is 0.129 e. The predicted octanol–water partition coefficient (Wildman–Crippen LogP) is 3.47. The first-order chi connectivity index (χ1) is 9.10. The van der Waals surface area contributed by atoms with E-state index in [2.05, 4.69) is 21.4 Å². The molecule has 2 nitrogen and oxygen atoms in total. The maximum absolute atomic E-state index is 13.9. The van der Waals surface area contributed by atoms with Crippen molar-refractivity contribution in [2.75, 3.05) is 0 Å². The van der Waals surface area contributed by atoms with Crippen molar-refractivity contribution < 1.29 is 8.78 Å². The number of hydrogen-bond donors (Lipinski definition) is 2. The summed E-state index contributed by atoms with van der Waals surface area (Å²) < 4.78 is 27.4. The van der Waals surface area contributed by atoms with Gasteiger partial charge in [-0.2, -0.15) is 0 Å². The van der Waals surface area contributed by atoms with Crippen molar-refractivity contribution in [1.82, 2.24) is 5.43 Å². The molecule has 1 atom stereocenters. The molecule has 0 bridgehead atoms. The summed E-state index contributed by atoms with van der Waals surface area (Å²) >= 11 is 3.21. The van der Waals surface area contributed by atoms with Crippen LogP contribution in [0.1, 0.15) is 17.2 Å². The Bertz CT molecular complexity index is 558. The molecule has 2 aromatic rings. The van der Waals surface area contributed by atoms with Gasteiger partial charge in [0, 0.05) is 10.0 Å². The molecule has 19 heavy (non-hydrogen) atoms. The zero-order valence-corrected chi connectivity index (χ0v) is 11.6. The van der Waals surface area contributed by atoms with Gasteiger partial charge in [-0.25, -0.2) is 8.78 Å². The van der Waals surface area contributed by atoms with Crippen LogP contribution in [-0.2, 0) is 6.42 Å². The van der Waals surface area contributed by atoms with Crippen LogP contribution < -0.4 is 11.3 Å². The highest BCUT2D eigenvalue weighted by Crippen LogP contribution is 2.23. The second-order valence-corrected chi connectivity index (χ2v) is 5.13. The minimum atomic E-state index is -0.362. The molecule has 0 aliphatic carbocycles. The molecule has 2 aromatic carbocycles. The fraction of sp³-hybridized carbons (Fsp3) is 0.143. The molecule has 2 rings (SSSR count). The Hall–Kier alpha value is -1.30. The van der Waals surface area contributed by atoms with Crippen LogP contribution in [0.4, 0.5) is 8.78 Å². The van der Waals surface area contributed by atoms with E-state index in [0.29, 0.717) is 16.5 Å². The summed E-state index contributed by atoms with van der Waals surface area (Å²) in [6, 6.07) is 10.5. The molecular formula is C14H13BrF2N2. The summed E-state index contributed by atoms with van der Waals surface area (Å²) in [4.78, 5) is 0. The van der Waals surface area contributed by atoms with E-state index in [1.165, 1.54) is 18.2 Å². The van der Waals surface area contributed by atoms with Gasteiger partial charge in [0.25, 0.3) is 0 Å². The van der Waals surface area contributed by atoms with E-state index in [0.717, 1.165) is 5.56 Å². The van der Waals surface area contributed by atoms with Gasteiger partial charge in [-0.1, -0.05) is 34.1 Å². The molecule has 100 valence electrons. The van der Waals surface area contributed by atoms with Crippen molar-refractivity contribution in [3.05, 3.63) is 69.7 Å². The molecule has 0 radical (unpaired) electrons. The molecule has 3 N–H and O–H groups in total. The predicted molar refractivity (Wildman–Crippen MR) is 74.3 cm³/mol. The fourth-order valence-corrected chi connectivity index (χ4v) is 2.23. The molecule has 0 heterocycles. The molecule has 0 aliphatic rings. The summed E-state index contributed by atoms with van der Waals surface area (Å²) in [6.45, 7) is 0. The average molecular weight is 327 g/mol. The Morgan fingerprint density at radius 3 is 2.37 bits per heavy atom. The highest BCUT2D eigenvalue weighted by molar-refractivity contribution is 9.10. The lowest BCUT2D eigenvalue weighted by atomic mass is 9.99. The number of benzene rings is 2. The van der Waals surface area contributed by atoms with Crippen molar-refractivity contribution in [3.8, 4) is 0 Å². The third-order valence-electron chi connectivity index (χ3n) is 2.89. The van der Waals surface area contributed by atoms with Crippen molar-refractivity contribution in [2.24, 2.45) is 5.84 Å². The van der Waals surface area contributed by atoms with Gasteiger partial charge in [-0.15, -0.1) is 0 Å². The number of halogens is 3. The number of rotatable bonds is 4. The Labute approximate surface area is 118 Å². The second kappa shape index (κ2) is 6.23. The fourth-order valence-electron chi connectivity index (χ4n) is 1.90. The third-order valence-corrected chi connectivity index (χ3v) is 3.39. The number of hydrazine groups is 1. The minimum Gasteiger partial charge on any atom is -0.271 e. The molecule has 0 aromatic heterocycles. The lowest BCUT2D eigenvalue weighted by Gasteiger charge is -2.17. The quantitative estimate of drug-likeness (QED) is 0.667. The topological polar surface area (TPSA) is 38.0 Å². The molecule has 0 saturated carbocycles. The highest BCUT2D eigenvalue weighted by atomic mass is 79.9. The molecule has 0 spiro atoms. The van der Waals surface area contributed by atoms with Gasteiger partial charge in [0.15, 0.2) is 0 Å². The Morgan fingerprint density at radius 1 is 1.11 bits per heavy atom. The van der Waals surface area contributed by atoms with Crippen molar-refractivity contribution in [2.45, 2.75) is 12.5 Å². The van der Waals surface area contributed by atoms with Gasteiger partial charge in [-0.3, -0.25) is 11.3 Å². The van der Waals surface area contributed by atoms with Crippen LogP contribution in [0.5, 0.6) is 0 Å². The van der Waals surface area contributed by atoms with Gasteiger partial charge < -0.3 is 0 Å². The van der Waals surface area contributed by atoms with Gasteiger partial charge in [-0.05, 0) is 36.2 Å². The van der Waals surface area contributed by atoms with Crippen molar-refractivity contribution in [1.29, 1.82) is 0 Å². The second-order valence-electron chi connectivity index (χ2n) is 4.22. The van der Waals surface area contributed by atoms with Crippen LogP contribution in [0.3, 0.4) is 0 Å². The standard InChI is InChI=1S/C14H13BrF2N2/c15-10-3-6-12(13(17)8-10)14(19-18)7-9-1-4-11(16)5-2-9/h1-6,8,14,19H,7,18H2. The van der Waals surface area contributed by atoms with E-state index < -0.39 is 0 Å². The first-order valence-corrected chi connectivity index (χ1v) is 6.55. The summed E-state index contributed by atoms with van der Waals surface area (Å²) in [5.74, 6) is 4.86. The molecule has 1 unspecified atom stereocenters. The van der Waals surface area contributed by atoms with Crippen LogP contribution in [-0.4, -0.2) is 0 Å². The largest absolute Gasteiger partial charge is 0.271 e. The lowest BCUT2D eigenvalue weighted by Crippen LogP contribution is -2.30. The first kappa shape index (κ1) is 14.1. The maximum atomic E-state index is 13.9. The molecule has 0 aliphatic heterocycles. The van der Waals surface area contributed by atoms with Gasteiger partial charge in [0.05, 0.1) is 6.04 Å². The molecular weight excluding hydrogens is 314 g/mol. The summed E-state index contributed by atoms with van der Waals surface area (Å²) in [7, 11) is 0. The highest BCUT2D eigenvalue weighted by Gasteiger charge is 2.15. The summed E-state index contributed by atoms with van der Waals surface area (Å²) in [5, 5.41) is 0. The van der Waals surface area contributed by atoms with E-state index in [1.807, 2.05) is 0 Å². The van der Waals surface area contributed by atoms with Crippen LogP contribution in [0.15, 0.2) is 46.9 Å². The van der Waals surface area contributed by atoms with Crippen LogP contribution in [0.2, 0.25) is 0 Å². The normalized spacial score (nSPS) is 12.4. The Kier molecular flexibility index (Phi) is 4.63. The van der Waals surface area contributed by atoms with Gasteiger partial charge in [0.1, 0.15) is 11.6 Å². The zero-order chi connectivity index (χ0) is 13.8. The van der Waals surface area contributed by atoms with Crippen molar-refractivity contribution >= 4 is 15.9 Å². The number of nitrogens with two attached hydrogens (primary N) is 1. The first-order valence-electron chi connectivity index (χ1n) is 5.75. The Balaban J connectivity index is 2.22. The van der Waals surface area contributed by atoms with Gasteiger partial charge in [0.2, 0.25) is 0 Å². The van der Waals surface area contributed by atoms with Crippen LogP contribution in [0.25, 0.3) is 0 Å². The summed E-state index contributed by atoms with van der Waals surface area (Å²) in [6.07, 6.45) is 0.481. The maximum Gasteiger partial charge on any atom is 0.129 e. The zero-order valence-electron chi connectivity index (χ0n) is 10.0. The molecule has 0 saturated heterocycles. The van der Waals surface area contributed by atoms with E-state index in [1.54, 1.807) is 24.3 Å². The Morgan fingerprint density at radius 2 is 1.79 bits per heavy atom. The third kappa shape index (κ3) is 3.59. The molecule has 0 fully saturated rings. The number of hydrogen-bond acceptors (Lipinski definition) is 2. The van der Waals surface area contributed by atoms with Crippen molar-refractivity contribution in [3.63, 3.8) is 0 Å². The van der Waals surface area contributed by atoms with E-state index in [9.17, 15) is 8.78 Å². The lowest BCUT2D eigenvalue weighted by molar-refractivity contribution is 0.510. The van der Waals surface area contributed by atoms with E-state index in [-0.39, 0.29) is 17.7 Å². The minimum absolute atomic E-state index is 0.296. The van der Waals surface area contributed by atoms with Crippen LogP contribution in [0, 0.1) is 11.6 Å². The average Bonchev–Trinajstić information content (AvgIpc) is 2.39. The van der Waals surface area contributed by atoms with E-state index in [4.69, 9.17) is 5.84 Å². The monoisotopic (exact) mass is 326 g/mol. The van der Waals surface area contributed by atoms with Gasteiger partial charge >= 0.3 is 0 Å². The molecule has 5 heteroatoms. The molecule has 0 amide bonds. The number of nitrogens with one attached hydrogen (secondary N) is 1. The van der Waals surface area contributed by atoms with Crippen LogP contribution >= 0.6 is 15.9 Å². The SMILES string of the molecule is NNC(Cc1ccc(F)cc1)c1ccc(Br)cc1F. The van der Waals surface area contributed by atoms with E-state index >= 15 is 0 Å².